The van der Waals surface area contributed by atoms with E-state index < -0.39 is 0 Å². The fourth-order valence-electron chi connectivity index (χ4n) is 1.21. The van der Waals surface area contributed by atoms with E-state index in [1.54, 1.807) is 7.11 Å². The summed E-state index contributed by atoms with van der Waals surface area (Å²) in [6.45, 7) is 5.95. The Kier molecular flexibility index (Phi) is 3.83. The van der Waals surface area contributed by atoms with Gasteiger partial charge in [-0.1, -0.05) is 0 Å². The van der Waals surface area contributed by atoms with E-state index in [9.17, 15) is 0 Å². The van der Waals surface area contributed by atoms with Crippen molar-refractivity contribution in [3.05, 3.63) is 7.05 Å². The average molecular weight is 156 g/mol. The zero-order valence-corrected chi connectivity index (χ0v) is 7.12. The molecule has 0 aromatic rings. The second kappa shape index (κ2) is 4.70. The van der Waals surface area contributed by atoms with Crippen molar-refractivity contribution in [2.24, 2.45) is 0 Å². The molecule has 0 amide bonds. The van der Waals surface area contributed by atoms with E-state index in [1.165, 1.54) is 0 Å². The maximum absolute atomic E-state index is 5.60. The first-order valence-electron chi connectivity index (χ1n) is 4.04. The predicted octanol–water partition coefficient (Wildman–Crippen LogP) is -0.0810. The molecule has 0 aliphatic carbocycles. The van der Waals surface area contributed by atoms with Crippen molar-refractivity contribution in [1.29, 1.82) is 0 Å². The van der Waals surface area contributed by atoms with Gasteiger partial charge in [0, 0.05) is 46.9 Å². The molecule has 1 aliphatic heterocycles. The molecule has 0 atom stereocenters. The van der Waals surface area contributed by atoms with Gasteiger partial charge in [-0.05, 0) is 0 Å². The van der Waals surface area contributed by atoms with Gasteiger partial charge >= 0.3 is 0 Å². The molecule has 1 aliphatic rings. The molecule has 0 unspecified atom stereocenters. The summed E-state index contributed by atoms with van der Waals surface area (Å²) >= 11 is 0. The van der Waals surface area contributed by atoms with Gasteiger partial charge in [0.2, 0.25) is 0 Å². The largest absolute Gasteiger partial charge is 0.383 e. The van der Waals surface area contributed by atoms with Gasteiger partial charge < -0.3 is 4.74 Å². The van der Waals surface area contributed by atoms with Crippen LogP contribution in [0.4, 0.5) is 0 Å². The number of rotatable bonds is 3. The van der Waals surface area contributed by atoms with Gasteiger partial charge in [-0.25, -0.2) is 0 Å². The molecule has 1 fully saturated rings. The van der Waals surface area contributed by atoms with Crippen molar-refractivity contribution in [2.75, 3.05) is 46.4 Å². The summed E-state index contributed by atoms with van der Waals surface area (Å²) < 4.78 is 4.98. The standard InChI is InChI=1S/C8H16N2O/c1-9-3-5-10(6-4-9)7-8-11-2/h1H,3-8H2,2H3. The minimum absolute atomic E-state index is 0.824. The lowest BCUT2D eigenvalue weighted by atomic mass is 10.3. The van der Waals surface area contributed by atoms with E-state index in [0.29, 0.717) is 0 Å². The zero-order valence-electron chi connectivity index (χ0n) is 7.12. The zero-order chi connectivity index (χ0) is 8.10. The van der Waals surface area contributed by atoms with Crippen molar-refractivity contribution in [1.82, 2.24) is 9.80 Å². The molecule has 0 spiro atoms. The molecule has 1 saturated heterocycles. The minimum atomic E-state index is 0.824. The molecule has 64 valence electrons. The van der Waals surface area contributed by atoms with Crippen LogP contribution in [0.5, 0.6) is 0 Å². The van der Waals surface area contributed by atoms with Gasteiger partial charge in [0.25, 0.3) is 0 Å². The quantitative estimate of drug-likeness (QED) is 0.568. The smallest absolute Gasteiger partial charge is 0.0589 e. The van der Waals surface area contributed by atoms with Gasteiger partial charge in [0.15, 0.2) is 0 Å². The van der Waals surface area contributed by atoms with Gasteiger partial charge in [-0.2, -0.15) is 0 Å². The van der Waals surface area contributed by atoms with Crippen LogP contribution in [0.15, 0.2) is 0 Å². The first-order valence-corrected chi connectivity index (χ1v) is 4.04. The van der Waals surface area contributed by atoms with E-state index in [1.807, 2.05) is 4.90 Å². The molecule has 3 nitrogen and oxygen atoms in total. The molecular formula is C8H16N2O. The first-order chi connectivity index (χ1) is 5.33. The lowest BCUT2D eigenvalue weighted by molar-refractivity contribution is 0.114. The normalized spacial score (nSPS) is 22.4. The lowest BCUT2D eigenvalue weighted by Gasteiger charge is -2.31. The van der Waals surface area contributed by atoms with Crippen molar-refractivity contribution in [2.45, 2.75) is 0 Å². The third-order valence-corrected chi connectivity index (χ3v) is 2.02. The van der Waals surface area contributed by atoms with Crippen LogP contribution in [0.2, 0.25) is 0 Å². The highest BCUT2D eigenvalue weighted by Gasteiger charge is 2.12. The minimum Gasteiger partial charge on any atom is -0.383 e. The fraction of sp³-hybridized carbons (Fsp3) is 0.875. The van der Waals surface area contributed by atoms with E-state index in [2.05, 4.69) is 4.90 Å². The highest BCUT2D eigenvalue weighted by atomic mass is 16.5. The summed E-state index contributed by atoms with van der Waals surface area (Å²) in [4.78, 5) is 4.23. The number of hydrogen-bond donors (Lipinski definition) is 0. The second-order valence-corrected chi connectivity index (χ2v) is 2.87. The monoisotopic (exact) mass is 156 g/mol. The Labute approximate surface area is 68.9 Å². The van der Waals surface area contributed by atoms with Crippen LogP contribution in [-0.4, -0.2) is 56.2 Å². The topological polar surface area (TPSA) is 15.7 Å². The Hall–Kier alpha value is -0.120. The number of ether oxygens (including phenoxy) is 1. The Balaban J connectivity index is 2.07. The summed E-state index contributed by atoms with van der Waals surface area (Å²) in [6.07, 6.45) is 0. The van der Waals surface area contributed by atoms with E-state index >= 15 is 0 Å². The Morgan fingerprint density at radius 1 is 1.27 bits per heavy atom. The van der Waals surface area contributed by atoms with Crippen LogP contribution in [0.3, 0.4) is 0 Å². The number of methoxy groups -OCH3 is 1. The van der Waals surface area contributed by atoms with Crippen LogP contribution < -0.4 is 0 Å². The number of nitrogens with zero attached hydrogens (tertiary/aromatic N) is 2. The number of hydrogen-bond acceptors (Lipinski definition) is 3. The molecule has 1 heterocycles. The SMILES string of the molecule is [CH]N1CCN(CCOC)CC1. The van der Waals surface area contributed by atoms with E-state index in [4.69, 9.17) is 11.8 Å². The predicted molar refractivity (Wildman–Crippen MR) is 44.2 cm³/mol. The highest BCUT2D eigenvalue weighted by molar-refractivity contribution is 4.70. The fourth-order valence-corrected chi connectivity index (χ4v) is 1.21. The van der Waals surface area contributed by atoms with Crippen molar-refractivity contribution in [3.63, 3.8) is 0 Å². The van der Waals surface area contributed by atoms with Crippen LogP contribution in [-0.2, 0) is 4.74 Å². The summed E-state index contributed by atoms with van der Waals surface area (Å²) in [5.41, 5.74) is 0. The van der Waals surface area contributed by atoms with Gasteiger partial charge in [0.05, 0.1) is 6.61 Å². The molecule has 0 N–H and O–H groups in total. The maximum atomic E-state index is 5.60. The lowest BCUT2D eigenvalue weighted by Crippen LogP contribution is -2.44. The van der Waals surface area contributed by atoms with E-state index in [0.717, 1.165) is 39.3 Å². The van der Waals surface area contributed by atoms with Gasteiger partial charge in [0.1, 0.15) is 0 Å². The van der Waals surface area contributed by atoms with Crippen LogP contribution in [0, 0.1) is 7.05 Å². The number of piperazine rings is 1. The summed E-state index contributed by atoms with van der Waals surface area (Å²) in [5, 5.41) is 0. The summed E-state index contributed by atoms with van der Waals surface area (Å²) in [6, 6.07) is 0. The van der Waals surface area contributed by atoms with Gasteiger partial charge in [-0.15, -0.1) is 0 Å². The summed E-state index contributed by atoms with van der Waals surface area (Å²) in [5.74, 6) is 0. The van der Waals surface area contributed by atoms with Crippen molar-refractivity contribution >= 4 is 0 Å². The van der Waals surface area contributed by atoms with Crippen LogP contribution in [0.25, 0.3) is 0 Å². The third kappa shape index (κ3) is 3.18. The van der Waals surface area contributed by atoms with Crippen LogP contribution >= 0.6 is 0 Å². The Morgan fingerprint density at radius 2 is 1.91 bits per heavy atom. The van der Waals surface area contributed by atoms with Crippen molar-refractivity contribution in [3.8, 4) is 0 Å². The molecule has 11 heavy (non-hydrogen) atoms. The Morgan fingerprint density at radius 3 is 2.45 bits per heavy atom. The molecule has 1 rings (SSSR count). The molecule has 3 heteroatoms. The molecular weight excluding hydrogens is 140 g/mol. The highest BCUT2D eigenvalue weighted by Crippen LogP contribution is 1.98. The average Bonchev–Trinajstić information content (AvgIpc) is 2.04. The second-order valence-electron chi connectivity index (χ2n) is 2.87. The first kappa shape index (κ1) is 8.97. The molecule has 2 radical (unpaired) electrons. The van der Waals surface area contributed by atoms with E-state index in [-0.39, 0.29) is 0 Å². The van der Waals surface area contributed by atoms with Crippen LogP contribution in [0.1, 0.15) is 0 Å². The third-order valence-electron chi connectivity index (χ3n) is 2.02. The molecule has 0 aromatic heterocycles. The van der Waals surface area contributed by atoms with Crippen molar-refractivity contribution < 1.29 is 4.74 Å². The maximum Gasteiger partial charge on any atom is 0.0589 e. The summed E-state index contributed by atoms with van der Waals surface area (Å²) in [7, 11) is 7.34. The molecule has 0 bridgehead atoms. The molecule has 0 saturated carbocycles. The Bertz CT molecular complexity index is 97.5. The molecule has 0 aromatic carbocycles. The van der Waals surface area contributed by atoms with Gasteiger partial charge in [-0.3, -0.25) is 9.80 Å².